The second-order valence-electron chi connectivity index (χ2n) is 5.74. The topological polar surface area (TPSA) is 67.1 Å². The largest absolute Gasteiger partial charge is 0.368 e. The van der Waals surface area contributed by atoms with Crippen molar-refractivity contribution < 1.29 is 4.52 Å². The van der Waals surface area contributed by atoms with Crippen LogP contribution < -0.4 is 5.32 Å². The highest BCUT2D eigenvalue weighted by atomic mass is 16.5. The summed E-state index contributed by atoms with van der Waals surface area (Å²) in [6.07, 6.45) is 5.66. The number of nitrogens with one attached hydrogen (secondary N) is 1. The molecule has 1 fully saturated rings. The number of aromatic nitrogens is 3. The summed E-state index contributed by atoms with van der Waals surface area (Å²) in [5.74, 6) is 2.04. The standard InChI is InChI=1S/C16H23N5O/c1-3-21-9-5-4-6-14(21)11-18-15-10-13(7-8-17-15)16-19-12(2)20-22-16/h7-8,10,14H,3-6,9,11H2,1-2H3,(H,17,18)/t14-/m0/s1. The summed E-state index contributed by atoms with van der Waals surface area (Å²) in [5.41, 5.74) is 0.897. The first-order valence-electron chi connectivity index (χ1n) is 8.01. The van der Waals surface area contributed by atoms with Gasteiger partial charge in [-0.15, -0.1) is 0 Å². The van der Waals surface area contributed by atoms with Gasteiger partial charge in [-0.1, -0.05) is 18.5 Å². The lowest BCUT2D eigenvalue weighted by Crippen LogP contribution is -2.43. The predicted molar refractivity (Wildman–Crippen MR) is 85.6 cm³/mol. The fourth-order valence-corrected chi connectivity index (χ4v) is 3.00. The van der Waals surface area contributed by atoms with E-state index < -0.39 is 0 Å². The van der Waals surface area contributed by atoms with Crippen molar-refractivity contribution in [3.63, 3.8) is 0 Å². The van der Waals surface area contributed by atoms with Crippen molar-refractivity contribution in [3.05, 3.63) is 24.2 Å². The summed E-state index contributed by atoms with van der Waals surface area (Å²) in [7, 11) is 0. The molecule has 1 N–H and O–H groups in total. The second-order valence-corrected chi connectivity index (χ2v) is 5.74. The molecule has 1 atom stereocenters. The summed E-state index contributed by atoms with van der Waals surface area (Å²) in [6.45, 7) is 7.29. The van der Waals surface area contributed by atoms with E-state index in [1.165, 1.54) is 25.8 Å². The van der Waals surface area contributed by atoms with E-state index in [0.29, 0.717) is 17.8 Å². The van der Waals surface area contributed by atoms with Crippen molar-refractivity contribution in [2.75, 3.05) is 25.0 Å². The average molecular weight is 301 g/mol. The molecule has 6 nitrogen and oxygen atoms in total. The molecule has 1 aliphatic rings. The Kier molecular flexibility index (Phi) is 4.68. The Morgan fingerprint density at radius 1 is 1.41 bits per heavy atom. The molecule has 2 aromatic rings. The van der Waals surface area contributed by atoms with Crippen LogP contribution in [0.25, 0.3) is 11.5 Å². The second kappa shape index (κ2) is 6.87. The number of anilines is 1. The molecule has 3 heterocycles. The summed E-state index contributed by atoms with van der Waals surface area (Å²) in [5, 5.41) is 7.28. The third-order valence-electron chi connectivity index (χ3n) is 4.21. The third kappa shape index (κ3) is 3.44. The van der Waals surface area contributed by atoms with Gasteiger partial charge in [0.1, 0.15) is 5.82 Å². The van der Waals surface area contributed by atoms with Gasteiger partial charge in [0.25, 0.3) is 5.89 Å². The number of hydrogen-bond acceptors (Lipinski definition) is 6. The lowest BCUT2D eigenvalue weighted by atomic mass is 10.0. The molecule has 2 aromatic heterocycles. The van der Waals surface area contributed by atoms with Crippen LogP contribution in [0.4, 0.5) is 5.82 Å². The zero-order chi connectivity index (χ0) is 15.4. The third-order valence-corrected chi connectivity index (χ3v) is 4.21. The number of nitrogens with zero attached hydrogens (tertiary/aromatic N) is 4. The van der Waals surface area contributed by atoms with Gasteiger partial charge in [0.2, 0.25) is 0 Å². The molecule has 1 saturated heterocycles. The molecule has 118 valence electrons. The van der Waals surface area contributed by atoms with Crippen LogP contribution in [0.3, 0.4) is 0 Å². The first kappa shape index (κ1) is 15.0. The predicted octanol–water partition coefficient (Wildman–Crippen LogP) is 2.73. The van der Waals surface area contributed by atoms with Crippen molar-refractivity contribution in [2.45, 2.75) is 39.2 Å². The SMILES string of the molecule is CCN1CCCC[C@H]1CNc1cc(-c2nc(C)no2)ccn1. The molecule has 0 aromatic carbocycles. The molecular weight excluding hydrogens is 278 g/mol. The minimum atomic E-state index is 0.538. The average Bonchev–Trinajstić information content (AvgIpc) is 3.00. The molecule has 0 bridgehead atoms. The monoisotopic (exact) mass is 301 g/mol. The molecule has 0 aliphatic carbocycles. The normalized spacial score (nSPS) is 19.3. The van der Waals surface area contributed by atoms with E-state index in [1.54, 1.807) is 6.20 Å². The number of likely N-dealkylation sites (N-methyl/N-ethyl adjacent to an activating group) is 1. The van der Waals surface area contributed by atoms with E-state index in [4.69, 9.17) is 4.52 Å². The summed E-state index contributed by atoms with van der Waals surface area (Å²) >= 11 is 0. The Morgan fingerprint density at radius 2 is 2.32 bits per heavy atom. The van der Waals surface area contributed by atoms with Gasteiger partial charge in [0, 0.05) is 24.3 Å². The lowest BCUT2D eigenvalue weighted by Gasteiger charge is -2.35. The van der Waals surface area contributed by atoms with Crippen LogP contribution in [0.2, 0.25) is 0 Å². The van der Waals surface area contributed by atoms with E-state index >= 15 is 0 Å². The maximum absolute atomic E-state index is 5.21. The lowest BCUT2D eigenvalue weighted by molar-refractivity contribution is 0.164. The molecular formula is C16H23N5O. The highest BCUT2D eigenvalue weighted by Gasteiger charge is 2.20. The molecule has 0 spiro atoms. The molecule has 1 aliphatic heterocycles. The van der Waals surface area contributed by atoms with E-state index in [0.717, 1.165) is 24.5 Å². The van der Waals surface area contributed by atoms with Gasteiger partial charge in [-0.2, -0.15) is 4.98 Å². The van der Waals surface area contributed by atoms with Gasteiger partial charge in [-0.05, 0) is 45.0 Å². The summed E-state index contributed by atoms with van der Waals surface area (Å²) in [6, 6.07) is 4.44. The van der Waals surface area contributed by atoms with Gasteiger partial charge in [0.05, 0.1) is 0 Å². The number of piperidine rings is 1. The first-order chi connectivity index (χ1) is 10.8. The van der Waals surface area contributed by atoms with Crippen molar-refractivity contribution >= 4 is 5.82 Å². The molecule has 6 heteroatoms. The van der Waals surface area contributed by atoms with Crippen LogP contribution in [0.1, 0.15) is 32.0 Å². The Morgan fingerprint density at radius 3 is 3.09 bits per heavy atom. The Hall–Kier alpha value is -1.95. The molecule has 3 rings (SSSR count). The minimum Gasteiger partial charge on any atom is -0.368 e. The van der Waals surface area contributed by atoms with Crippen molar-refractivity contribution in [3.8, 4) is 11.5 Å². The molecule has 0 unspecified atom stereocenters. The van der Waals surface area contributed by atoms with E-state index in [9.17, 15) is 0 Å². The Labute approximate surface area is 130 Å². The van der Waals surface area contributed by atoms with Crippen molar-refractivity contribution in [1.82, 2.24) is 20.0 Å². The van der Waals surface area contributed by atoms with Crippen LogP contribution in [0.5, 0.6) is 0 Å². The fourth-order valence-electron chi connectivity index (χ4n) is 3.00. The number of hydrogen-bond donors (Lipinski definition) is 1. The van der Waals surface area contributed by atoms with Crippen molar-refractivity contribution in [1.29, 1.82) is 0 Å². The van der Waals surface area contributed by atoms with Gasteiger partial charge in [0.15, 0.2) is 5.82 Å². The molecule has 22 heavy (non-hydrogen) atoms. The molecule has 0 saturated carbocycles. The smallest absolute Gasteiger partial charge is 0.258 e. The van der Waals surface area contributed by atoms with Crippen LogP contribution in [-0.2, 0) is 0 Å². The van der Waals surface area contributed by atoms with Gasteiger partial charge < -0.3 is 9.84 Å². The summed E-state index contributed by atoms with van der Waals surface area (Å²) < 4.78 is 5.21. The molecule has 0 amide bonds. The number of rotatable bonds is 5. The van der Waals surface area contributed by atoms with E-state index in [-0.39, 0.29) is 0 Å². The van der Waals surface area contributed by atoms with Crippen LogP contribution in [0, 0.1) is 6.92 Å². The minimum absolute atomic E-state index is 0.538. The van der Waals surface area contributed by atoms with Gasteiger partial charge in [-0.3, -0.25) is 4.90 Å². The zero-order valence-corrected chi connectivity index (χ0v) is 13.2. The number of aryl methyl sites for hydroxylation is 1. The first-order valence-corrected chi connectivity index (χ1v) is 8.01. The Balaban J connectivity index is 1.65. The highest BCUT2D eigenvalue weighted by Crippen LogP contribution is 2.20. The van der Waals surface area contributed by atoms with Crippen LogP contribution in [-0.4, -0.2) is 45.7 Å². The van der Waals surface area contributed by atoms with Crippen LogP contribution >= 0.6 is 0 Å². The number of pyridine rings is 1. The Bertz CT molecular complexity index is 612. The fraction of sp³-hybridized carbons (Fsp3) is 0.562. The highest BCUT2D eigenvalue weighted by molar-refractivity contribution is 5.57. The van der Waals surface area contributed by atoms with E-state index in [2.05, 4.69) is 32.3 Å². The quantitative estimate of drug-likeness (QED) is 0.916. The summed E-state index contributed by atoms with van der Waals surface area (Å²) in [4.78, 5) is 11.2. The zero-order valence-electron chi connectivity index (χ0n) is 13.2. The van der Waals surface area contributed by atoms with E-state index in [1.807, 2.05) is 19.1 Å². The van der Waals surface area contributed by atoms with Crippen LogP contribution in [0.15, 0.2) is 22.9 Å². The number of likely N-dealkylation sites (tertiary alicyclic amines) is 1. The van der Waals surface area contributed by atoms with Crippen molar-refractivity contribution in [2.24, 2.45) is 0 Å². The maximum atomic E-state index is 5.21. The van der Waals surface area contributed by atoms with Gasteiger partial charge in [-0.25, -0.2) is 4.98 Å². The maximum Gasteiger partial charge on any atom is 0.258 e. The van der Waals surface area contributed by atoms with Gasteiger partial charge >= 0.3 is 0 Å². The molecule has 0 radical (unpaired) electrons.